The summed E-state index contributed by atoms with van der Waals surface area (Å²) in [5.41, 5.74) is 2.87. The van der Waals surface area contributed by atoms with Crippen molar-refractivity contribution in [2.45, 2.75) is 0 Å². The zero-order valence-corrected chi connectivity index (χ0v) is 14.2. The molecule has 2 aromatic heterocycles. The molecule has 2 heterocycles. The molecule has 112 valence electrons. The molecular weight excluding hydrogens is 387 g/mol. The Balaban J connectivity index is 1.84. The van der Waals surface area contributed by atoms with E-state index in [4.69, 9.17) is 9.47 Å². The molecule has 0 atom stereocenters. The van der Waals surface area contributed by atoms with Crippen molar-refractivity contribution in [3.63, 3.8) is 0 Å². The first-order chi connectivity index (χ1) is 10.8. The average Bonchev–Trinajstić information content (AvgIpc) is 2.98. The Morgan fingerprint density at radius 1 is 1.09 bits per heavy atom. The smallest absolute Gasteiger partial charge is 0.137 e. The standard InChI is InChI=1S/C17H15IN2O2/c1-21-15-7-8-17-19-16(12-20(17)11-15)13-3-5-14(6-4-13)22-10-2-9-18/h2-9,11-12H,10H2,1H3/b9-2+/i18-4. The van der Waals surface area contributed by atoms with Gasteiger partial charge in [-0.15, -0.1) is 0 Å². The van der Waals surface area contributed by atoms with Crippen molar-refractivity contribution in [1.82, 2.24) is 9.38 Å². The van der Waals surface area contributed by atoms with Crippen LogP contribution in [0.1, 0.15) is 0 Å². The summed E-state index contributed by atoms with van der Waals surface area (Å²) in [6, 6.07) is 11.8. The van der Waals surface area contributed by atoms with Crippen molar-refractivity contribution >= 4 is 28.2 Å². The van der Waals surface area contributed by atoms with Crippen LogP contribution in [0.15, 0.2) is 59.0 Å². The van der Waals surface area contributed by atoms with E-state index in [1.54, 1.807) is 7.11 Å². The van der Waals surface area contributed by atoms with Crippen molar-refractivity contribution in [3.05, 3.63) is 59.0 Å². The highest BCUT2D eigenvalue weighted by molar-refractivity contribution is 14.1. The van der Waals surface area contributed by atoms with Crippen LogP contribution in [-0.2, 0) is 0 Å². The summed E-state index contributed by atoms with van der Waals surface area (Å²) in [5, 5.41) is 0. The Morgan fingerprint density at radius 2 is 1.86 bits per heavy atom. The van der Waals surface area contributed by atoms with Gasteiger partial charge in [0.25, 0.3) is 0 Å². The van der Waals surface area contributed by atoms with Crippen LogP contribution in [0.2, 0.25) is 0 Å². The normalized spacial score (nSPS) is 11.2. The largest absolute Gasteiger partial charge is 0.495 e. The number of benzene rings is 1. The Kier molecular flexibility index (Phi) is 4.62. The van der Waals surface area contributed by atoms with E-state index < -0.39 is 0 Å². The van der Waals surface area contributed by atoms with Crippen LogP contribution in [0, 0.1) is 0 Å². The number of methoxy groups -OCH3 is 1. The lowest BCUT2D eigenvalue weighted by Crippen LogP contribution is -1.92. The van der Waals surface area contributed by atoms with Crippen LogP contribution >= 0.6 is 22.6 Å². The topological polar surface area (TPSA) is 35.8 Å². The minimum atomic E-state index is 0.580. The number of imidazole rings is 1. The van der Waals surface area contributed by atoms with Gasteiger partial charge in [-0.05, 0) is 46.6 Å². The van der Waals surface area contributed by atoms with Crippen LogP contribution in [0.3, 0.4) is 0 Å². The first kappa shape index (κ1) is 14.9. The molecule has 0 radical (unpaired) electrons. The Bertz CT molecular complexity index is 794. The fourth-order valence-corrected chi connectivity index (χ4v) is 2.34. The Hall–Kier alpha value is -2.02. The second kappa shape index (κ2) is 6.83. The summed E-state index contributed by atoms with van der Waals surface area (Å²) in [4.78, 5) is 4.62. The van der Waals surface area contributed by atoms with Gasteiger partial charge in [-0.25, -0.2) is 4.98 Å². The maximum absolute atomic E-state index is 5.59. The molecule has 0 aliphatic rings. The van der Waals surface area contributed by atoms with E-state index in [1.165, 1.54) is 0 Å². The third kappa shape index (κ3) is 3.24. The molecule has 0 amide bonds. The van der Waals surface area contributed by atoms with Gasteiger partial charge in [-0.3, -0.25) is 0 Å². The quantitative estimate of drug-likeness (QED) is 0.596. The highest BCUT2D eigenvalue weighted by atomic mass is 123. The van der Waals surface area contributed by atoms with Gasteiger partial charge < -0.3 is 13.9 Å². The van der Waals surface area contributed by atoms with Gasteiger partial charge >= 0.3 is 0 Å². The molecule has 3 aromatic rings. The van der Waals surface area contributed by atoms with E-state index in [0.29, 0.717) is 6.61 Å². The predicted octanol–water partition coefficient (Wildman–Crippen LogP) is 4.34. The van der Waals surface area contributed by atoms with E-state index in [9.17, 15) is 0 Å². The molecule has 0 fully saturated rings. The summed E-state index contributed by atoms with van der Waals surface area (Å²) in [7, 11) is 1.66. The average molecular weight is 402 g/mol. The summed E-state index contributed by atoms with van der Waals surface area (Å²) < 4.78 is 14.7. The van der Waals surface area contributed by atoms with Gasteiger partial charge in [0.1, 0.15) is 23.8 Å². The molecule has 1 aromatic carbocycles. The summed E-state index contributed by atoms with van der Waals surface area (Å²) in [6.07, 6.45) is 5.87. The van der Waals surface area contributed by atoms with Crippen molar-refractivity contribution in [2.75, 3.05) is 13.7 Å². The highest BCUT2D eigenvalue weighted by Gasteiger charge is 2.05. The molecule has 4 nitrogen and oxygen atoms in total. The lowest BCUT2D eigenvalue weighted by Gasteiger charge is -2.03. The van der Waals surface area contributed by atoms with Crippen molar-refractivity contribution < 1.29 is 9.47 Å². The predicted molar refractivity (Wildman–Crippen MR) is 95.8 cm³/mol. The maximum Gasteiger partial charge on any atom is 0.137 e. The fraction of sp³-hybridized carbons (Fsp3) is 0.118. The Labute approximate surface area is 142 Å². The lowest BCUT2D eigenvalue weighted by atomic mass is 10.2. The molecule has 0 aliphatic carbocycles. The molecule has 0 spiro atoms. The molecule has 0 aliphatic heterocycles. The fourth-order valence-electron chi connectivity index (χ4n) is 2.13. The van der Waals surface area contributed by atoms with E-state index in [2.05, 4.69) is 27.6 Å². The molecule has 0 N–H and O–H groups in total. The van der Waals surface area contributed by atoms with Gasteiger partial charge in [0.15, 0.2) is 0 Å². The van der Waals surface area contributed by atoms with Crippen LogP contribution in [0.25, 0.3) is 16.9 Å². The van der Waals surface area contributed by atoms with Crippen LogP contribution in [-0.4, -0.2) is 23.1 Å². The summed E-state index contributed by atoms with van der Waals surface area (Å²) in [6.45, 7) is 0.580. The second-order valence-corrected chi connectivity index (χ2v) is 5.38. The third-order valence-electron chi connectivity index (χ3n) is 3.25. The molecule has 5 heteroatoms. The van der Waals surface area contributed by atoms with Gasteiger partial charge in [-0.1, -0.05) is 22.6 Å². The molecule has 0 bridgehead atoms. The SMILES string of the molecule is COc1ccc2nc(-c3ccc(OC/C=C/[123I])cc3)cn2c1. The molecule has 0 saturated carbocycles. The number of halogens is 1. The van der Waals surface area contributed by atoms with Gasteiger partial charge in [0.2, 0.25) is 0 Å². The summed E-state index contributed by atoms with van der Waals surface area (Å²) in [5.74, 6) is 1.66. The molecule has 0 saturated heterocycles. The van der Waals surface area contributed by atoms with Gasteiger partial charge in [0, 0.05) is 11.8 Å². The molecule has 0 unspecified atom stereocenters. The highest BCUT2D eigenvalue weighted by Crippen LogP contribution is 2.23. The molecule has 3 rings (SSSR count). The van der Waals surface area contributed by atoms with Crippen LogP contribution < -0.4 is 9.47 Å². The van der Waals surface area contributed by atoms with Crippen LogP contribution in [0.5, 0.6) is 11.5 Å². The number of nitrogens with zero attached hydrogens (tertiary/aromatic N) is 2. The monoisotopic (exact) mass is 402 g/mol. The maximum atomic E-state index is 5.59. The van der Waals surface area contributed by atoms with Crippen LogP contribution in [0.4, 0.5) is 0 Å². The van der Waals surface area contributed by atoms with Crippen molar-refractivity contribution in [2.24, 2.45) is 0 Å². The number of fused-ring (bicyclic) bond motifs is 1. The Morgan fingerprint density at radius 3 is 2.59 bits per heavy atom. The summed E-state index contributed by atoms with van der Waals surface area (Å²) >= 11 is 2.17. The third-order valence-corrected chi connectivity index (χ3v) is 3.75. The van der Waals surface area contributed by atoms with Gasteiger partial charge in [-0.2, -0.15) is 0 Å². The number of hydrogen-bond donors (Lipinski definition) is 0. The molecule has 22 heavy (non-hydrogen) atoms. The zero-order chi connectivity index (χ0) is 15.4. The number of pyridine rings is 1. The lowest BCUT2D eigenvalue weighted by molar-refractivity contribution is 0.363. The van der Waals surface area contributed by atoms with E-state index >= 15 is 0 Å². The van der Waals surface area contributed by atoms with Crippen molar-refractivity contribution in [1.29, 1.82) is 0 Å². The number of rotatable bonds is 5. The van der Waals surface area contributed by atoms with Crippen molar-refractivity contribution in [3.8, 4) is 22.8 Å². The number of ether oxygens (including phenoxy) is 2. The van der Waals surface area contributed by atoms with Gasteiger partial charge in [0.05, 0.1) is 19.0 Å². The molecular formula is C17H15IN2O2. The first-order valence-electron chi connectivity index (χ1n) is 6.81. The zero-order valence-electron chi connectivity index (χ0n) is 12.1. The van der Waals surface area contributed by atoms with E-state index in [-0.39, 0.29) is 0 Å². The minimum absolute atomic E-state index is 0.580. The first-order valence-corrected chi connectivity index (χ1v) is 8.06. The van der Waals surface area contributed by atoms with E-state index in [1.807, 2.05) is 63.4 Å². The number of hydrogen-bond acceptors (Lipinski definition) is 3. The number of aromatic nitrogens is 2. The van der Waals surface area contributed by atoms with E-state index in [0.717, 1.165) is 28.4 Å². The minimum Gasteiger partial charge on any atom is -0.495 e. The second-order valence-electron chi connectivity index (χ2n) is 4.66.